The number of para-hydroxylation sites is 1. The second-order valence-corrected chi connectivity index (χ2v) is 16.1. The van der Waals surface area contributed by atoms with Gasteiger partial charge in [0.1, 0.15) is 11.2 Å². The zero-order valence-electron chi connectivity index (χ0n) is 32.3. The summed E-state index contributed by atoms with van der Waals surface area (Å²) in [5.41, 5.74) is 17.7. The number of allylic oxidation sites excluding steroid dienone is 1. The van der Waals surface area contributed by atoms with Crippen LogP contribution in [-0.2, 0) is 11.8 Å². The molecule has 268 valence electrons. The minimum absolute atomic E-state index is 0.183. The highest BCUT2D eigenvalue weighted by Crippen LogP contribution is 2.56. The lowest BCUT2D eigenvalue weighted by Crippen LogP contribution is -2.29. The van der Waals surface area contributed by atoms with E-state index >= 15 is 0 Å². The molecule has 0 N–H and O–H groups in total. The van der Waals surface area contributed by atoms with Crippen LogP contribution in [0.25, 0.3) is 101 Å². The standard InChI is InChI=1S/C55H42O/c1-5-39-40(6-2)50(42-19-11-10-18-41(42)49(39)33-16-8-7-9-17-33)38-27-26-34-30-35(24-25-36(34)31-38)37-28-29-45-47(32-37)55(3,4)53-44-21-13-12-20-43(44)51-46-22-14-15-23-48(46)56-54(51)52(45)53/h5-23,26-32H,24-25H2,1-4H3/b39-5+,40-6+. The fraction of sp³-hybridized carbons (Fsp3) is 0.127. The van der Waals surface area contributed by atoms with Gasteiger partial charge in [-0.25, -0.2) is 0 Å². The molecule has 1 nitrogen and oxygen atoms in total. The van der Waals surface area contributed by atoms with Crippen molar-refractivity contribution in [1.82, 2.24) is 0 Å². The molecule has 0 unspecified atom stereocenters. The van der Waals surface area contributed by atoms with Crippen molar-refractivity contribution in [3.8, 4) is 33.4 Å². The van der Waals surface area contributed by atoms with Crippen LogP contribution in [-0.4, -0.2) is 0 Å². The van der Waals surface area contributed by atoms with Crippen molar-refractivity contribution in [2.24, 2.45) is 0 Å². The van der Waals surface area contributed by atoms with Gasteiger partial charge < -0.3 is 4.42 Å². The molecule has 0 saturated carbocycles. The summed E-state index contributed by atoms with van der Waals surface area (Å²) in [5, 5.41) is 10.2. The van der Waals surface area contributed by atoms with Gasteiger partial charge >= 0.3 is 0 Å². The maximum atomic E-state index is 6.74. The Labute approximate surface area is 327 Å². The van der Waals surface area contributed by atoms with E-state index < -0.39 is 0 Å². The van der Waals surface area contributed by atoms with Crippen LogP contribution in [0.3, 0.4) is 0 Å². The Morgan fingerprint density at radius 1 is 0.536 bits per heavy atom. The molecule has 0 radical (unpaired) electrons. The summed E-state index contributed by atoms with van der Waals surface area (Å²) in [6, 6.07) is 51.6. The van der Waals surface area contributed by atoms with E-state index in [1.54, 1.807) is 0 Å². The van der Waals surface area contributed by atoms with Crippen LogP contribution < -0.4 is 10.4 Å². The van der Waals surface area contributed by atoms with Crippen LogP contribution in [0.5, 0.6) is 0 Å². The SMILES string of the molecule is C/C=c1/c(-c2ccccc2)c2ccccc2c(-c2ccc3c(c2)CCC(c2ccc4c(c2)C(C)(C)c2c-4c4oc5ccccc5c4c4ccccc24)=C3)/c1=C/C. The molecule has 0 atom stereocenters. The first kappa shape index (κ1) is 32.9. The molecule has 0 spiro atoms. The zero-order valence-corrected chi connectivity index (χ0v) is 32.3. The molecule has 56 heavy (non-hydrogen) atoms. The maximum absolute atomic E-state index is 6.74. The monoisotopic (exact) mass is 718 g/mol. The van der Waals surface area contributed by atoms with E-state index in [1.165, 1.54) is 110 Å². The molecule has 0 saturated heterocycles. The van der Waals surface area contributed by atoms with Crippen LogP contribution in [0.2, 0.25) is 0 Å². The van der Waals surface area contributed by atoms with E-state index in [9.17, 15) is 0 Å². The molecule has 1 aromatic heterocycles. The molecular formula is C55H42O. The van der Waals surface area contributed by atoms with E-state index in [1.807, 2.05) is 0 Å². The quantitative estimate of drug-likeness (QED) is 0.177. The van der Waals surface area contributed by atoms with Gasteiger partial charge in [0.25, 0.3) is 0 Å². The maximum Gasteiger partial charge on any atom is 0.144 e. The Balaban J connectivity index is 1.03. The molecule has 1 heterocycles. The van der Waals surface area contributed by atoms with Crippen molar-refractivity contribution in [3.05, 3.63) is 178 Å². The lowest BCUT2D eigenvalue weighted by atomic mass is 9.78. The number of hydrogen-bond donors (Lipinski definition) is 0. The van der Waals surface area contributed by atoms with Gasteiger partial charge in [0, 0.05) is 21.8 Å². The van der Waals surface area contributed by atoms with E-state index in [-0.39, 0.29) is 5.41 Å². The summed E-state index contributed by atoms with van der Waals surface area (Å²) in [6.07, 6.45) is 9.06. The van der Waals surface area contributed by atoms with Gasteiger partial charge in [-0.2, -0.15) is 0 Å². The first-order chi connectivity index (χ1) is 27.5. The molecule has 0 aliphatic heterocycles. The molecule has 2 aliphatic rings. The first-order valence-electron chi connectivity index (χ1n) is 20.0. The number of hydrogen-bond acceptors (Lipinski definition) is 1. The molecule has 9 aromatic rings. The lowest BCUT2D eigenvalue weighted by molar-refractivity contribution is 0.657. The summed E-state index contributed by atoms with van der Waals surface area (Å²) in [5.74, 6) is 0. The normalized spacial score (nSPS) is 15.1. The summed E-state index contributed by atoms with van der Waals surface area (Å²) in [6.45, 7) is 9.15. The molecule has 0 amide bonds. The van der Waals surface area contributed by atoms with Gasteiger partial charge in [0.15, 0.2) is 0 Å². The fourth-order valence-corrected chi connectivity index (χ4v) is 10.4. The Morgan fingerprint density at radius 2 is 1.16 bits per heavy atom. The number of fused-ring (bicyclic) bond motifs is 12. The summed E-state index contributed by atoms with van der Waals surface area (Å²) in [7, 11) is 0. The predicted octanol–water partition coefficient (Wildman–Crippen LogP) is 13.6. The molecular weight excluding hydrogens is 677 g/mol. The Morgan fingerprint density at radius 3 is 1.89 bits per heavy atom. The Kier molecular flexibility index (Phi) is 7.23. The van der Waals surface area contributed by atoms with Gasteiger partial charge in [-0.05, 0) is 132 Å². The minimum Gasteiger partial charge on any atom is -0.455 e. The van der Waals surface area contributed by atoms with Crippen molar-refractivity contribution in [2.45, 2.75) is 46.0 Å². The highest BCUT2D eigenvalue weighted by atomic mass is 16.3. The second-order valence-electron chi connectivity index (χ2n) is 16.1. The van der Waals surface area contributed by atoms with Crippen LogP contribution >= 0.6 is 0 Å². The molecule has 0 fully saturated rings. The van der Waals surface area contributed by atoms with Gasteiger partial charge in [-0.3, -0.25) is 0 Å². The van der Waals surface area contributed by atoms with Crippen LogP contribution in [0, 0.1) is 0 Å². The number of aryl methyl sites for hydroxylation is 1. The van der Waals surface area contributed by atoms with Crippen molar-refractivity contribution in [1.29, 1.82) is 0 Å². The summed E-state index contributed by atoms with van der Waals surface area (Å²) >= 11 is 0. The van der Waals surface area contributed by atoms with E-state index in [4.69, 9.17) is 4.42 Å². The third kappa shape index (κ3) is 4.61. The number of rotatable bonds is 3. The van der Waals surface area contributed by atoms with Crippen molar-refractivity contribution < 1.29 is 4.42 Å². The third-order valence-electron chi connectivity index (χ3n) is 12.9. The Bertz CT molecular complexity index is 3280. The average Bonchev–Trinajstić information content (AvgIpc) is 3.75. The zero-order chi connectivity index (χ0) is 37.7. The Hall–Kier alpha value is -6.44. The number of benzene rings is 8. The van der Waals surface area contributed by atoms with Gasteiger partial charge in [0.2, 0.25) is 0 Å². The van der Waals surface area contributed by atoms with E-state index in [0.29, 0.717) is 0 Å². The molecule has 0 bridgehead atoms. The lowest BCUT2D eigenvalue weighted by Gasteiger charge is -2.24. The smallest absolute Gasteiger partial charge is 0.144 e. The number of furan rings is 1. The van der Waals surface area contributed by atoms with Crippen molar-refractivity contribution >= 4 is 67.3 Å². The molecule has 1 heteroatoms. The van der Waals surface area contributed by atoms with Crippen LogP contribution in [0.4, 0.5) is 0 Å². The third-order valence-corrected chi connectivity index (χ3v) is 12.9. The molecule has 11 rings (SSSR count). The van der Waals surface area contributed by atoms with Gasteiger partial charge in [0.05, 0.1) is 0 Å². The highest BCUT2D eigenvalue weighted by molar-refractivity contribution is 6.25. The van der Waals surface area contributed by atoms with Crippen LogP contribution in [0.1, 0.15) is 61.9 Å². The van der Waals surface area contributed by atoms with E-state index in [2.05, 4.69) is 185 Å². The second kappa shape index (κ2) is 12.3. The van der Waals surface area contributed by atoms with E-state index in [0.717, 1.165) is 24.0 Å². The fourth-order valence-electron chi connectivity index (χ4n) is 10.4. The first-order valence-corrected chi connectivity index (χ1v) is 20.0. The van der Waals surface area contributed by atoms with Crippen molar-refractivity contribution in [3.63, 3.8) is 0 Å². The average molecular weight is 719 g/mol. The van der Waals surface area contributed by atoms with Crippen LogP contribution in [0.15, 0.2) is 144 Å². The predicted molar refractivity (Wildman–Crippen MR) is 239 cm³/mol. The summed E-state index contributed by atoms with van der Waals surface area (Å²) < 4.78 is 6.74. The molecule has 8 aromatic carbocycles. The molecule has 2 aliphatic carbocycles. The minimum atomic E-state index is -0.183. The largest absolute Gasteiger partial charge is 0.455 e. The topological polar surface area (TPSA) is 13.1 Å². The van der Waals surface area contributed by atoms with Gasteiger partial charge in [-0.1, -0.05) is 159 Å². The van der Waals surface area contributed by atoms with Crippen molar-refractivity contribution in [2.75, 3.05) is 0 Å². The van der Waals surface area contributed by atoms with Gasteiger partial charge in [-0.15, -0.1) is 0 Å². The highest BCUT2D eigenvalue weighted by Gasteiger charge is 2.40. The summed E-state index contributed by atoms with van der Waals surface area (Å²) in [4.78, 5) is 0.